The van der Waals surface area contributed by atoms with Gasteiger partial charge in [-0.15, -0.1) is 0 Å². The number of hydrogen-bond acceptors (Lipinski definition) is 3. The molecule has 0 spiro atoms. The smallest absolute Gasteiger partial charge is 0.0657 e. The Labute approximate surface area is 150 Å². The minimum atomic E-state index is 1.05. The summed E-state index contributed by atoms with van der Waals surface area (Å²) in [7, 11) is 0. The van der Waals surface area contributed by atoms with Gasteiger partial charge in [0.25, 0.3) is 0 Å². The first-order valence-electron chi connectivity index (χ1n) is 9.81. The number of nitrogens with zero attached hydrogens (tertiary/aromatic N) is 3. The maximum atomic E-state index is 2.53. The van der Waals surface area contributed by atoms with Crippen molar-refractivity contribution < 1.29 is 0 Å². The average Bonchev–Trinajstić information content (AvgIpc) is 2.59. The van der Waals surface area contributed by atoms with Crippen LogP contribution in [-0.4, -0.2) is 39.3 Å². The highest BCUT2D eigenvalue weighted by atomic mass is 15.2. The Kier molecular flexibility index (Phi) is 7.92. The topological polar surface area (TPSA) is 9.72 Å². The quantitative estimate of drug-likeness (QED) is 0.619. The molecule has 1 aromatic carbocycles. The van der Waals surface area contributed by atoms with Gasteiger partial charge in [0.15, 0.2) is 0 Å². The molecule has 0 radical (unpaired) electrons. The van der Waals surface area contributed by atoms with Crippen molar-refractivity contribution in [1.29, 1.82) is 0 Å². The minimum absolute atomic E-state index is 1.05. The van der Waals surface area contributed by atoms with Crippen molar-refractivity contribution in [2.45, 2.75) is 62.3 Å². The van der Waals surface area contributed by atoms with Crippen LogP contribution in [0.3, 0.4) is 0 Å². The fraction of sp³-hybridized carbons (Fsp3) is 0.714. The average molecular weight is 334 g/mol. The number of benzene rings is 1. The van der Waals surface area contributed by atoms with Gasteiger partial charge in [0, 0.05) is 45.0 Å². The number of anilines is 3. The van der Waals surface area contributed by atoms with E-state index in [-0.39, 0.29) is 0 Å². The SMILES string of the molecule is CCN(CC)c1c(C)c(C)c(N(CC)CC)c(N(CC)CC)c1C. The molecule has 1 aromatic rings. The van der Waals surface area contributed by atoms with Crippen molar-refractivity contribution in [3.8, 4) is 0 Å². The molecular weight excluding hydrogens is 294 g/mol. The molecule has 138 valence electrons. The van der Waals surface area contributed by atoms with Crippen molar-refractivity contribution in [3.05, 3.63) is 16.7 Å². The summed E-state index contributed by atoms with van der Waals surface area (Å²) >= 11 is 0. The van der Waals surface area contributed by atoms with E-state index in [1.54, 1.807) is 0 Å². The normalized spacial score (nSPS) is 10.9. The third kappa shape index (κ3) is 3.65. The van der Waals surface area contributed by atoms with Crippen LogP contribution in [0.5, 0.6) is 0 Å². The molecule has 0 N–H and O–H groups in total. The van der Waals surface area contributed by atoms with Gasteiger partial charge in [-0.05, 0) is 79.0 Å². The van der Waals surface area contributed by atoms with E-state index in [2.05, 4.69) is 77.0 Å². The first-order chi connectivity index (χ1) is 11.4. The molecule has 0 bridgehead atoms. The van der Waals surface area contributed by atoms with Crippen LogP contribution in [0.2, 0.25) is 0 Å². The van der Waals surface area contributed by atoms with E-state index >= 15 is 0 Å². The summed E-state index contributed by atoms with van der Waals surface area (Å²) in [5.41, 5.74) is 8.63. The van der Waals surface area contributed by atoms with E-state index in [9.17, 15) is 0 Å². The lowest BCUT2D eigenvalue weighted by Gasteiger charge is -2.37. The van der Waals surface area contributed by atoms with E-state index < -0.39 is 0 Å². The third-order valence-corrected chi connectivity index (χ3v) is 5.45. The molecule has 1 rings (SSSR count). The second kappa shape index (κ2) is 9.19. The Hall–Kier alpha value is -1.38. The summed E-state index contributed by atoms with van der Waals surface area (Å²) in [6.07, 6.45) is 0. The summed E-state index contributed by atoms with van der Waals surface area (Å²) in [5, 5.41) is 0. The van der Waals surface area contributed by atoms with E-state index in [1.165, 1.54) is 33.8 Å². The predicted molar refractivity (Wildman–Crippen MR) is 111 cm³/mol. The van der Waals surface area contributed by atoms with E-state index in [1.807, 2.05) is 0 Å². The zero-order valence-electron chi connectivity index (χ0n) is 17.6. The van der Waals surface area contributed by atoms with Crippen molar-refractivity contribution >= 4 is 17.1 Å². The fourth-order valence-corrected chi connectivity index (χ4v) is 3.97. The Morgan fingerprint density at radius 1 is 0.417 bits per heavy atom. The highest BCUT2D eigenvalue weighted by molar-refractivity contribution is 5.86. The Morgan fingerprint density at radius 3 is 1.00 bits per heavy atom. The van der Waals surface area contributed by atoms with Gasteiger partial charge in [-0.2, -0.15) is 0 Å². The monoisotopic (exact) mass is 333 g/mol. The van der Waals surface area contributed by atoms with Crippen LogP contribution < -0.4 is 14.7 Å². The van der Waals surface area contributed by atoms with Gasteiger partial charge in [0.2, 0.25) is 0 Å². The van der Waals surface area contributed by atoms with Crippen LogP contribution in [0.25, 0.3) is 0 Å². The molecule has 0 fully saturated rings. The predicted octanol–water partition coefficient (Wildman–Crippen LogP) is 5.15. The van der Waals surface area contributed by atoms with Crippen LogP contribution in [-0.2, 0) is 0 Å². The van der Waals surface area contributed by atoms with Gasteiger partial charge in [-0.3, -0.25) is 0 Å². The molecule has 3 heteroatoms. The van der Waals surface area contributed by atoms with Gasteiger partial charge in [0.05, 0.1) is 11.4 Å². The first-order valence-corrected chi connectivity index (χ1v) is 9.81. The lowest BCUT2D eigenvalue weighted by atomic mass is 9.95. The largest absolute Gasteiger partial charge is 0.372 e. The van der Waals surface area contributed by atoms with Gasteiger partial charge in [-0.25, -0.2) is 0 Å². The maximum absolute atomic E-state index is 2.53. The maximum Gasteiger partial charge on any atom is 0.0657 e. The van der Waals surface area contributed by atoms with Crippen molar-refractivity contribution in [2.24, 2.45) is 0 Å². The summed E-state index contributed by atoms with van der Waals surface area (Å²) in [4.78, 5) is 7.56. The van der Waals surface area contributed by atoms with E-state index in [4.69, 9.17) is 0 Å². The molecule has 0 amide bonds. The molecule has 0 aliphatic rings. The molecule has 3 nitrogen and oxygen atoms in total. The lowest BCUT2D eigenvalue weighted by molar-refractivity contribution is 0.815. The Morgan fingerprint density at radius 2 is 0.667 bits per heavy atom. The fourth-order valence-electron chi connectivity index (χ4n) is 3.97. The Balaban J connectivity index is 3.83. The molecule has 0 aliphatic carbocycles. The molecule has 0 atom stereocenters. The summed E-state index contributed by atoms with van der Waals surface area (Å²) in [6.45, 7) is 26.8. The molecule has 0 aromatic heterocycles. The minimum Gasteiger partial charge on any atom is -0.372 e. The Bertz CT molecular complexity index is 525. The van der Waals surface area contributed by atoms with E-state index in [0.29, 0.717) is 0 Å². The van der Waals surface area contributed by atoms with Gasteiger partial charge in [0.1, 0.15) is 0 Å². The number of rotatable bonds is 9. The molecular formula is C21H39N3. The second-order valence-electron chi connectivity index (χ2n) is 6.44. The van der Waals surface area contributed by atoms with Crippen LogP contribution in [0, 0.1) is 20.8 Å². The van der Waals surface area contributed by atoms with Crippen LogP contribution in [0.1, 0.15) is 58.2 Å². The highest BCUT2D eigenvalue weighted by Crippen LogP contribution is 2.44. The zero-order chi connectivity index (χ0) is 18.4. The van der Waals surface area contributed by atoms with Gasteiger partial charge >= 0.3 is 0 Å². The molecule has 0 aliphatic heterocycles. The van der Waals surface area contributed by atoms with Crippen LogP contribution in [0.15, 0.2) is 0 Å². The lowest BCUT2D eigenvalue weighted by Crippen LogP contribution is -2.32. The summed E-state index contributed by atoms with van der Waals surface area (Å²) < 4.78 is 0. The van der Waals surface area contributed by atoms with E-state index in [0.717, 1.165) is 39.3 Å². The van der Waals surface area contributed by atoms with Gasteiger partial charge in [-0.1, -0.05) is 0 Å². The van der Waals surface area contributed by atoms with Crippen LogP contribution in [0.4, 0.5) is 17.1 Å². The first kappa shape index (κ1) is 20.7. The number of hydrogen-bond donors (Lipinski definition) is 0. The van der Waals surface area contributed by atoms with Crippen molar-refractivity contribution in [2.75, 3.05) is 54.0 Å². The molecule has 0 heterocycles. The zero-order valence-corrected chi connectivity index (χ0v) is 17.6. The molecule has 0 saturated carbocycles. The second-order valence-corrected chi connectivity index (χ2v) is 6.44. The summed E-state index contributed by atoms with van der Waals surface area (Å²) in [5.74, 6) is 0. The van der Waals surface area contributed by atoms with Gasteiger partial charge < -0.3 is 14.7 Å². The van der Waals surface area contributed by atoms with Crippen molar-refractivity contribution in [3.63, 3.8) is 0 Å². The third-order valence-electron chi connectivity index (χ3n) is 5.45. The molecule has 0 saturated heterocycles. The van der Waals surface area contributed by atoms with Crippen molar-refractivity contribution in [1.82, 2.24) is 0 Å². The highest BCUT2D eigenvalue weighted by Gasteiger charge is 2.24. The van der Waals surface area contributed by atoms with Crippen LogP contribution >= 0.6 is 0 Å². The molecule has 24 heavy (non-hydrogen) atoms. The summed E-state index contributed by atoms with van der Waals surface area (Å²) in [6, 6.07) is 0. The molecule has 0 unspecified atom stereocenters. The standard InChI is InChI=1S/C21H39N3/c1-10-22(11-2)19-16(7)17(8)20(23(12-3)13-4)21(18(19)9)24(14-5)15-6/h10-15H2,1-9H3.